The van der Waals surface area contributed by atoms with Crippen molar-refractivity contribution in [1.29, 1.82) is 0 Å². The van der Waals surface area contributed by atoms with Crippen LogP contribution in [0.25, 0.3) is 0 Å². The standard InChI is InChI=1S/C13H20BrNO/c1-9(7-15-4)8-16-12-5-10(2)13(14)11(3)6-12/h5-6,9,15H,7-8H2,1-4H3. The number of nitrogens with one attached hydrogen (secondary N) is 1. The third-order valence-electron chi connectivity index (χ3n) is 2.50. The van der Waals surface area contributed by atoms with Crippen LogP contribution in [-0.4, -0.2) is 20.2 Å². The minimum atomic E-state index is 0.522. The van der Waals surface area contributed by atoms with Crippen molar-refractivity contribution in [2.24, 2.45) is 5.92 Å². The van der Waals surface area contributed by atoms with Gasteiger partial charge in [0.2, 0.25) is 0 Å². The second-order valence-electron chi connectivity index (χ2n) is 4.34. The van der Waals surface area contributed by atoms with E-state index in [1.165, 1.54) is 15.6 Å². The van der Waals surface area contributed by atoms with E-state index in [4.69, 9.17) is 4.74 Å². The van der Waals surface area contributed by atoms with Crippen molar-refractivity contribution in [2.45, 2.75) is 20.8 Å². The van der Waals surface area contributed by atoms with Gasteiger partial charge in [0.05, 0.1) is 6.61 Å². The average molecular weight is 286 g/mol. The Labute approximate surface area is 107 Å². The summed E-state index contributed by atoms with van der Waals surface area (Å²) < 4.78 is 6.95. The summed E-state index contributed by atoms with van der Waals surface area (Å²) in [7, 11) is 1.96. The van der Waals surface area contributed by atoms with Crippen LogP contribution >= 0.6 is 15.9 Å². The summed E-state index contributed by atoms with van der Waals surface area (Å²) in [5.41, 5.74) is 2.44. The van der Waals surface area contributed by atoms with Crippen molar-refractivity contribution in [1.82, 2.24) is 5.32 Å². The second-order valence-corrected chi connectivity index (χ2v) is 5.14. The number of aryl methyl sites for hydroxylation is 2. The monoisotopic (exact) mass is 285 g/mol. The summed E-state index contributed by atoms with van der Waals surface area (Å²) in [5.74, 6) is 1.48. The molecule has 0 spiro atoms. The summed E-state index contributed by atoms with van der Waals surface area (Å²) >= 11 is 3.55. The zero-order valence-electron chi connectivity index (χ0n) is 10.4. The van der Waals surface area contributed by atoms with Crippen molar-refractivity contribution in [3.8, 4) is 5.75 Å². The van der Waals surface area contributed by atoms with E-state index in [-0.39, 0.29) is 0 Å². The topological polar surface area (TPSA) is 21.3 Å². The third kappa shape index (κ3) is 3.80. The molecule has 90 valence electrons. The van der Waals surface area contributed by atoms with Gasteiger partial charge in [-0.3, -0.25) is 0 Å². The number of hydrogen-bond donors (Lipinski definition) is 1. The van der Waals surface area contributed by atoms with E-state index in [1.807, 2.05) is 7.05 Å². The maximum Gasteiger partial charge on any atom is 0.119 e. The van der Waals surface area contributed by atoms with E-state index in [1.54, 1.807) is 0 Å². The molecule has 0 heterocycles. The minimum absolute atomic E-state index is 0.522. The van der Waals surface area contributed by atoms with Crippen LogP contribution < -0.4 is 10.1 Å². The molecule has 0 saturated heterocycles. The van der Waals surface area contributed by atoms with Gasteiger partial charge in [0.15, 0.2) is 0 Å². The number of benzene rings is 1. The molecule has 1 rings (SSSR count). The van der Waals surface area contributed by atoms with E-state index < -0.39 is 0 Å². The average Bonchev–Trinajstić information content (AvgIpc) is 2.23. The van der Waals surface area contributed by atoms with Crippen molar-refractivity contribution in [2.75, 3.05) is 20.2 Å². The number of halogens is 1. The number of hydrogen-bond acceptors (Lipinski definition) is 2. The molecule has 0 aliphatic carbocycles. The van der Waals surface area contributed by atoms with Gasteiger partial charge < -0.3 is 10.1 Å². The van der Waals surface area contributed by atoms with Crippen LogP contribution in [0.4, 0.5) is 0 Å². The first-order chi connectivity index (χ1) is 7.54. The molecule has 0 bridgehead atoms. The third-order valence-corrected chi connectivity index (χ3v) is 3.75. The van der Waals surface area contributed by atoms with Gasteiger partial charge in [0.25, 0.3) is 0 Å². The summed E-state index contributed by atoms with van der Waals surface area (Å²) in [6.45, 7) is 8.08. The van der Waals surface area contributed by atoms with Crippen molar-refractivity contribution >= 4 is 15.9 Å². The Kier molecular flexibility index (Phi) is 5.29. The summed E-state index contributed by atoms with van der Waals surface area (Å²) in [5, 5.41) is 3.15. The van der Waals surface area contributed by atoms with Gasteiger partial charge in [0, 0.05) is 16.9 Å². The Morgan fingerprint density at radius 3 is 2.38 bits per heavy atom. The van der Waals surface area contributed by atoms with Crippen LogP contribution in [0.2, 0.25) is 0 Å². The largest absolute Gasteiger partial charge is 0.493 e. The molecule has 1 aromatic carbocycles. The predicted octanol–water partition coefficient (Wildman–Crippen LogP) is 3.30. The fraction of sp³-hybridized carbons (Fsp3) is 0.538. The van der Waals surface area contributed by atoms with Crippen LogP contribution in [0.1, 0.15) is 18.1 Å². The first-order valence-electron chi connectivity index (χ1n) is 5.58. The van der Waals surface area contributed by atoms with E-state index >= 15 is 0 Å². The highest BCUT2D eigenvalue weighted by atomic mass is 79.9. The number of rotatable bonds is 5. The molecular weight excluding hydrogens is 266 g/mol. The summed E-state index contributed by atoms with van der Waals surface area (Å²) in [6, 6.07) is 4.15. The molecule has 0 aliphatic rings. The van der Waals surface area contributed by atoms with E-state index in [9.17, 15) is 0 Å². The highest BCUT2D eigenvalue weighted by Gasteiger charge is 2.05. The van der Waals surface area contributed by atoms with Crippen LogP contribution in [0.3, 0.4) is 0 Å². The first-order valence-corrected chi connectivity index (χ1v) is 6.38. The highest BCUT2D eigenvalue weighted by molar-refractivity contribution is 9.10. The maximum absolute atomic E-state index is 5.78. The molecule has 0 saturated carbocycles. The molecule has 2 nitrogen and oxygen atoms in total. The summed E-state index contributed by atoms with van der Waals surface area (Å²) in [4.78, 5) is 0. The zero-order chi connectivity index (χ0) is 12.1. The van der Waals surface area contributed by atoms with E-state index in [0.29, 0.717) is 5.92 Å². The van der Waals surface area contributed by atoms with Crippen molar-refractivity contribution < 1.29 is 4.74 Å². The van der Waals surface area contributed by atoms with Crippen LogP contribution in [-0.2, 0) is 0 Å². The Balaban J connectivity index is 2.61. The molecule has 16 heavy (non-hydrogen) atoms. The Bertz CT molecular complexity index is 329. The molecule has 0 aliphatic heterocycles. The second kappa shape index (κ2) is 6.26. The lowest BCUT2D eigenvalue weighted by atomic mass is 10.1. The zero-order valence-corrected chi connectivity index (χ0v) is 12.0. The van der Waals surface area contributed by atoms with Gasteiger partial charge in [-0.05, 0) is 44.2 Å². The lowest BCUT2D eigenvalue weighted by Crippen LogP contribution is -2.21. The minimum Gasteiger partial charge on any atom is -0.493 e. The highest BCUT2D eigenvalue weighted by Crippen LogP contribution is 2.26. The van der Waals surface area contributed by atoms with E-state index in [0.717, 1.165) is 18.9 Å². The normalized spacial score (nSPS) is 12.6. The molecule has 1 N–H and O–H groups in total. The SMILES string of the molecule is CNCC(C)COc1cc(C)c(Br)c(C)c1. The van der Waals surface area contributed by atoms with Crippen LogP contribution in [0, 0.1) is 19.8 Å². The predicted molar refractivity (Wildman–Crippen MR) is 72.2 cm³/mol. The quantitative estimate of drug-likeness (QED) is 0.896. The van der Waals surface area contributed by atoms with Gasteiger partial charge >= 0.3 is 0 Å². The molecule has 1 aromatic rings. The number of ether oxygens (including phenoxy) is 1. The fourth-order valence-electron chi connectivity index (χ4n) is 1.64. The van der Waals surface area contributed by atoms with Crippen LogP contribution in [0.15, 0.2) is 16.6 Å². The van der Waals surface area contributed by atoms with Crippen molar-refractivity contribution in [3.05, 3.63) is 27.7 Å². The van der Waals surface area contributed by atoms with Gasteiger partial charge in [-0.25, -0.2) is 0 Å². The molecule has 0 fully saturated rings. The van der Waals surface area contributed by atoms with Gasteiger partial charge in [-0.15, -0.1) is 0 Å². The van der Waals surface area contributed by atoms with Gasteiger partial charge in [-0.2, -0.15) is 0 Å². The van der Waals surface area contributed by atoms with Crippen LogP contribution in [0.5, 0.6) is 5.75 Å². The lowest BCUT2D eigenvalue weighted by Gasteiger charge is -2.14. The molecule has 3 heteroatoms. The molecular formula is C13H20BrNO. The molecule has 1 unspecified atom stereocenters. The van der Waals surface area contributed by atoms with Gasteiger partial charge in [-0.1, -0.05) is 22.9 Å². The van der Waals surface area contributed by atoms with Crippen molar-refractivity contribution in [3.63, 3.8) is 0 Å². The maximum atomic E-state index is 5.78. The molecule has 0 radical (unpaired) electrons. The molecule has 1 atom stereocenters. The Morgan fingerprint density at radius 2 is 1.88 bits per heavy atom. The molecule has 0 aromatic heterocycles. The first kappa shape index (κ1) is 13.5. The molecule has 0 amide bonds. The van der Waals surface area contributed by atoms with E-state index in [2.05, 4.69) is 54.2 Å². The lowest BCUT2D eigenvalue weighted by molar-refractivity contribution is 0.258. The Morgan fingerprint density at radius 1 is 1.31 bits per heavy atom. The fourth-order valence-corrected chi connectivity index (χ4v) is 1.86. The smallest absolute Gasteiger partial charge is 0.119 e. The van der Waals surface area contributed by atoms with Gasteiger partial charge in [0.1, 0.15) is 5.75 Å². The Hall–Kier alpha value is -0.540. The summed E-state index contributed by atoms with van der Waals surface area (Å²) in [6.07, 6.45) is 0.